The summed E-state index contributed by atoms with van der Waals surface area (Å²) >= 11 is 5.08. The second kappa shape index (κ2) is 7.34. The van der Waals surface area contributed by atoms with Crippen LogP contribution in [0.1, 0.15) is 34.7 Å². The molecule has 2 aromatic rings. The first-order valence-corrected chi connectivity index (χ1v) is 8.44. The molecular weight excluding hydrogens is 337 g/mol. The maximum Gasteiger partial charge on any atom is 0.137 e. The average Bonchev–Trinajstić information content (AvgIpc) is 2.85. The summed E-state index contributed by atoms with van der Waals surface area (Å²) in [6.45, 7) is 5.28. The molecule has 0 radical (unpaired) electrons. The smallest absolute Gasteiger partial charge is 0.137 e. The molecule has 4 heteroatoms. The van der Waals surface area contributed by atoms with Crippen molar-refractivity contribution in [3.8, 4) is 0 Å². The van der Waals surface area contributed by atoms with Gasteiger partial charge in [-0.15, -0.1) is 11.3 Å². The molecular formula is C16H19BrFNS. The van der Waals surface area contributed by atoms with Gasteiger partial charge in [0.15, 0.2) is 0 Å². The lowest BCUT2D eigenvalue weighted by molar-refractivity contribution is 0.535. The molecule has 0 aliphatic carbocycles. The van der Waals surface area contributed by atoms with Crippen LogP contribution < -0.4 is 5.32 Å². The van der Waals surface area contributed by atoms with Crippen molar-refractivity contribution in [2.45, 2.75) is 32.7 Å². The lowest BCUT2D eigenvalue weighted by Crippen LogP contribution is -2.23. The first kappa shape index (κ1) is 15.7. The zero-order chi connectivity index (χ0) is 14.5. The highest BCUT2D eigenvalue weighted by molar-refractivity contribution is 9.10. The Hall–Kier alpha value is -0.710. The molecule has 0 spiro atoms. The van der Waals surface area contributed by atoms with E-state index in [-0.39, 0.29) is 5.82 Å². The fraction of sp³-hybridized carbons (Fsp3) is 0.375. The lowest BCUT2D eigenvalue weighted by Gasteiger charge is -2.17. The highest BCUT2D eigenvalue weighted by Crippen LogP contribution is 2.27. The highest BCUT2D eigenvalue weighted by atomic mass is 79.9. The largest absolute Gasteiger partial charge is 0.309 e. The van der Waals surface area contributed by atoms with Crippen LogP contribution in [0.4, 0.5) is 4.39 Å². The second-order valence-electron chi connectivity index (χ2n) is 4.91. The van der Waals surface area contributed by atoms with Gasteiger partial charge in [-0.2, -0.15) is 0 Å². The summed E-state index contributed by atoms with van der Waals surface area (Å²) in [4.78, 5) is 2.67. The predicted octanol–water partition coefficient (Wildman–Crippen LogP) is 5.24. The quantitative estimate of drug-likeness (QED) is 0.746. The zero-order valence-electron chi connectivity index (χ0n) is 11.7. The Bertz CT molecular complexity index is 567. The van der Waals surface area contributed by atoms with Gasteiger partial charge in [0.05, 0.1) is 4.47 Å². The molecule has 0 saturated carbocycles. The van der Waals surface area contributed by atoms with Crippen LogP contribution in [0.15, 0.2) is 34.8 Å². The number of nitrogens with one attached hydrogen (secondary N) is 1. The minimum atomic E-state index is -0.209. The monoisotopic (exact) mass is 355 g/mol. The Balaban J connectivity index is 2.16. The van der Waals surface area contributed by atoms with Crippen molar-refractivity contribution in [2.75, 3.05) is 6.54 Å². The number of rotatable bonds is 6. The van der Waals surface area contributed by atoms with Gasteiger partial charge >= 0.3 is 0 Å². The summed E-state index contributed by atoms with van der Waals surface area (Å²) in [6, 6.07) is 9.90. The molecule has 0 bridgehead atoms. The number of hydrogen-bond donors (Lipinski definition) is 1. The summed E-state index contributed by atoms with van der Waals surface area (Å²) in [5.41, 5.74) is 1.14. The Morgan fingerprint density at radius 1 is 1.30 bits per heavy atom. The van der Waals surface area contributed by atoms with Gasteiger partial charge in [-0.05, 0) is 72.1 Å². The van der Waals surface area contributed by atoms with Crippen molar-refractivity contribution in [1.82, 2.24) is 5.32 Å². The van der Waals surface area contributed by atoms with Crippen LogP contribution in [0, 0.1) is 12.7 Å². The van der Waals surface area contributed by atoms with Crippen LogP contribution in [0.25, 0.3) is 0 Å². The average molecular weight is 356 g/mol. The predicted molar refractivity (Wildman–Crippen MR) is 87.9 cm³/mol. The van der Waals surface area contributed by atoms with E-state index in [4.69, 9.17) is 0 Å². The SMILES string of the molecule is CCCNC(Cc1ccc(F)c(Br)c1)c1ccc(C)s1. The normalized spacial score (nSPS) is 12.6. The zero-order valence-corrected chi connectivity index (χ0v) is 14.2. The first-order valence-electron chi connectivity index (χ1n) is 6.83. The van der Waals surface area contributed by atoms with Crippen LogP contribution >= 0.6 is 27.3 Å². The van der Waals surface area contributed by atoms with E-state index < -0.39 is 0 Å². The molecule has 0 aliphatic rings. The molecule has 2 rings (SSSR count). The van der Waals surface area contributed by atoms with Crippen molar-refractivity contribution in [3.63, 3.8) is 0 Å². The van der Waals surface area contributed by atoms with Crippen molar-refractivity contribution in [1.29, 1.82) is 0 Å². The Labute approximate surface area is 132 Å². The number of aryl methyl sites for hydroxylation is 1. The second-order valence-corrected chi connectivity index (χ2v) is 7.08. The van der Waals surface area contributed by atoms with Crippen LogP contribution in [0.3, 0.4) is 0 Å². The molecule has 1 heterocycles. The molecule has 1 unspecified atom stereocenters. The topological polar surface area (TPSA) is 12.0 Å². The van der Waals surface area contributed by atoms with E-state index in [1.165, 1.54) is 15.8 Å². The third-order valence-electron chi connectivity index (χ3n) is 3.17. The van der Waals surface area contributed by atoms with Crippen LogP contribution in [0.5, 0.6) is 0 Å². The molecule has 1 N–H and O–H groups in total. The van der Waals surface area contributed by atoms with Gasteiger partial charge in [-0.3, -0.25) is 0 Å². The Morgan fingerprint density at radius 2 is 2.10 bits per heavy atom. The highest BCUT2D eigenvalue weighted by Gasteiger charge is 2.14. The van der Waals surface area contributed by atoms with Gasteiger partial charge in [-0.1, -0.05) is 13.0 Å². The molecule has 0 aliphatic heterocycles. The van der Waals surface area contributed by atoms with E-state index in [2.05, 4.69) is 47.2 Å². The fourth-order valence-corrected chi connectivity index (χ4v) is 3.51. The van der Waals surface area contributed by atoms with E-state index in [9.17, 15) is 4.39 Å². The minimum absolute atomic E-state index is 0.209. The van der Waals surface area contributed by atoms with E-state index in [1.807, 2.05) is 23.5 Å². The van der Waals surface area contributed by atoms with Gasteiger partial charge < -0.3 is 5.32 Å². The van der Waals surface area contributed by atoms with Gasteiger partial charge in [0, 0.05) is 15.8 Å². The third kappa shape index (κ3) is 4.14. The van der Waals surface area contributed by atoms with E-state index >= 15 is 0 Å². The Kier molecular flexibility index (Phi) is 5.75. The van der Waals surface area contributed by atoms with Crippen LogP contribution in [-0.2, 0) is 6.42 Å². The summed E-state index contributed by atoms with van der Waals surface area (Å²) in [7, 11) is 0. The third-order valence-corrected chi connectivity index (χ3v) is 4.89. The Morgan fingerprint density at radius 3 is 2.70 bits per heavy atom. The summed E-state index contributed by atoms with van der Waals surface area (Å²) < 4.78 is 13.8. The summed E-state index contributed by atoms with van der Waals surface area (Å²) in [5.74, 6) is -0.209. The molecule has 20 heavy (non-hydrogen) atoms. The van der Waals surface area contributed by atoms with Crippen molar-refractivity contribution < 1.29 is 4.39 Å². The molecule has 1 atom stereocenters. The maximum absolute atomic E-state index is 13.3. The molecule has 0 fully saturated rings. The molecule has 1 aromatic heterocycles. The van der Waals surface area contributed by atoms with Gasteiger partial charge in [0.25, 0.3) is 0 Å². The molecule has 1 aromatic carbocycles. The van der Waals surface area contributed by atoms with E-state index in [0.29, 0.717) is 10.5 Å². The number of thiophene rings is 1. The van der Waals surface area contributed by atoms with Crippen molar-refractivity contribution >= 4 is 27.3 Å². The van der Waals surface area contributed by atoms with Gasteiger partial charge in [-0.25, -0.2) is 4.39 Å². The number of benzene rings is 1. The van der Waals surface area contributed by atoms with Crippen molar-refractivity contribution in [3.05, 3.63) is 55.9 Å². The first-order chi connectivity index (χ1) is 9.60. The maximum atomic E-state index is 13.3. The molecule has 0 amide bonds. The van der Waals surface area contributed by atoms with Crippen LogP contribution in [0.2, 0.25) is 0 Å². The van der Waals surface area contributed by atoms with Crippen molar-refractivity contribution in [2.24, 2.45) is 0 Å². The van der Waals surface area contributed by atoms with E-state index in [0.717, 1.165) is 24.9 Å². The molecule has 108 valence electrons. The lowest BCUT2D eigenvalue weighted by atomic mass is 10.0. The minimum Gasteiger partial charge on any atom is -0.309 e. The van der Waals surface area contributed by atoms with E-state index in [1.54, 1.807) is 0 Å². The summed E-state index contributed by atoms with van der Waals surface area (Å²) in [6.07, 6.45) is 1.98. The summed E-state index contributed by atoms with van der Waals surface area (Å²) in [5, 5.41) is 3.58. The number of halogens is 2. The standard InChI is InChI=1S/C16H19BrFNS/c1-3-8-19-15(16-7-4-11(2)20-16)10-12-5-6-14(18)13(17)9-12/h4-7,9,15,19H,3,8,10H2,1-2H3. The fourth-order valence-electron chi connectivity index (χ4n) is 2.13. The molecule has 1 nitrogen and oxygen atoms in total. The number of hydrogen-bond acceptors (Lipinski definition) is 2. The molecule has 0 saturated heterocycles. The van der Waals surface area contributed by atoms with Gasteiger partial charge in [0.2, 0.25) is 0 Å². The van der Waals surface area contributed by atoms with Crippen LogP contribution in [-0.4, -0.2) is 6.54 Å². The van der Waals surface area contributed by atoms with Gasteiger partial charge in [0.1, 0.15) is 5.82 Å².